The quantitative estimate of drug-likeness (QED) is 0.562. The molecule has 0 saturated carbocycles. The highest BCUT2D eigenvalue weighted by Gasteiger charge is 2.30. The van der Waals surface area contributed by atoms with E-state index < -0.39 is 12.2 Å². The Morgan fingerprint density at radius 3 is 2.59 bits per heavy atom. The molecule has 3 aromatic rings. The maximum Gasteiger partial charge on any atom is 0.304 e. The Hall–Kier alpha value is -2.73. The summed E-state index contributed by atoms with van der Waals surface area (Å²) >= 11 is 3.57. The van der Waals surface area contributed by atoms with E-state index in [0.29, 0.717) is 5.82 Å². The number of hydrogen-bond acceptors (Lipinski definition) is 4. The number of carbonyl (C=O) groups excluding carboxylic acids is 1. The van der Waals surface area contributed by atoms with E-state index in [9.17, 15) is 4.79 Å². The van der Waals surface area contributed by atoms with E-state index in [1.54, 1.807) is 0 Å². The summed E-state index contributed by atoms with van der Waals surface area (Å²) in [4.78, 5) is 21.3. The van der Waals surface area contributed by atoms with Crippen molar-refractivity contribution < 1.29 is 9.53 Å². The number of benzene rings is 2. The summed E-state index contributed by atoms with van der Waals surface area (Å²) in [6.45, 7) is 5.34. The molecule has 1 aliphatic heterocycles. The highest BCUT2D eigenvalue weighted by atomic mass is 79.9. The zero-order chi connectivity index (χ0) is 19.1. The van der Waals surface area contributed by atoms with Crippen molar-refractivity contribution in [2.75, 3.05) is 0 Å². The van der Waals surface area contributed by atoms with Crippen molar-refractivity contribution in [2.24, 2.45) is 4.99 Å². The molecule has 0 spiro atoms. The van der Waals surface area contributed by atoms with Crippen LogP contribution in [0.3, 0.4) is 0 Å². The van der Waals surface area contributed by atoms with Crippen LogP contribution in [-0.4, -0.2) is 21.2 Å². The first kappa shape index (κ1) is 17.7. The number of hydrogen-bond donors (Lipinski definition) is 0. The molecule has 1 unspecified atom stereocenters. The number of rotatable bonds is 2. The Morgan fingerprint density at radius 1 is 1.15 bits per heavy atom. The van der Waals surface area contributed by atoms with Crippen molar-refractivity contribution in [3.05, 3.63) is 81.3 Å². The van der Waals surface area contributed by atoms with Crippen LogP contribution in [0.2, 0.25) is 0 Å². The number of aromatic nitrogens is 2. The number of fused-ring (bicyclic) bond motifs is 3. The van der Waals surface area contributed by atoms with Crippen LogP contribution in [-0.2, 0) is 9.53 Å². The molecule has 27 heavy (non-hydrogen) atoms. The lowest BCUT2D eigenvalue weighted by Crippen LogP contribution is -2.12. The van der Waals surface area contributed by atoms with E-state index in [-0.39, 0.29) is 0 Å². The standard InChI is InChI=1S/C21H18BrN3O2/c1-12-13(2)25-18-10-9-16(22)11-17(18)19(15-7-5-4-6-8-15)24-21(20(25)23-12)27-14(3)26/h4-11,21H,1-3H3. The fourth-order valence-electron chi connectivity index (χ4n) is 3.31. The highest BCUT2D eigenvalue weighted by Crippen LogP contribution is 2.34. The fourth-order valence-corrected chi connectivity index (χ4v) is 3.67. The van der Waals surface area contributed by atoms with Gasteiger partial charge < -0.3 is 4.74 Å². The zero-order valence-electron chi connectivity index (χ0n) is 15.2. The van der Waals surface area contributed by atoms with Crippen molar-refractivity contribution in [2.45, 2.75) is 27.0 Å². The third-order valence-electron chi connectivity index (χ3n) is 4.62. The number of aliphatic imine (C=N–C) groups is 1. The molecule has 0 bridgehead atoms. The Kier molecular flexibility index (Phi) is 4.44. The predicted octanol–water partition coefficient (Wildman–Crippen LogP) is 4.66. The third kappa shape index (κ3) is 3.10. The van der Waals surface area contributed by atoms with Gasteiger partial charge in [0.1, 0.15) is 0 Å². The molecule has 0 N–H and O–H groups in total. The average Bonchev–Trinajstić information content (AvgIpc) is 2.87. The maximum absolute atomic E-state index is 11.8. The molecular formula is C21H18BrN3O2. The molecule has 0 aliphatic carbocycles. The summed E-state index contributed by atoms with van der Waals surface area (Å²) in [5.41, 5.74) is 5.51. The van der Waals surface area contributed by atoms with Gasteiger partial charge in [0.2, 0.25) is 0 Å². The third-order valence-corrected chi connectivity index (χ3v) is 5.11. The van der Waals surface area contributed by atoms with Crippen LogP contribution in [0.25, 0.3) is 5.69 Å². The first-order valence-electron chi connectivity index (χ1n) is 8.62. The normalized spacial score (nSPS) is 15.4. The van der Waals surface area contributed by atoms with E-state index >= 15 is 0 Å². The topological polar surface area (TPSA) is 56.5 Å². The van der Waals surface area contributed by atoms with Crippen LogP contribution in [0, 0.1) is 13.8 Å². The van der Waals surface area contributed by atoms with Crippen LogP contribution in [0.1, 0.15) is 41.5 Å². The van der Waals surface area contributed by atoms with Gasteiger partial charge in [-0.1, -0.05) is 46.3 Å². The number of nitrogens with zero attached hydrogens (tertiary/aromatic N) is 3. The van der Waals surface area contributed by atoms with Gasteiger partial charge in [-0.2, -0.15) is 0 Å². The van der Waals surface area contributed by atoms with Gasteiger partial charge in [0.25, 0.3) is 6.23 Å². The molecule has 1 atom stereocenters. The molecule has 0 radical (unpaired) electrons. The summed E-state index contributed by atoms with van der Waals surface area (Å²) in [6, 6.07) is 16.0. The zero-order valence-corrected chi connectivity index (χ0v) is 16.8. The number of imidazole rings is 1. The molecule has 136 valence electrons. The van der Waals surface area contributed by atoms with Crippen LogP contribution in [0.15, 0.2) is 58.0 Å². The van der Waals surface area contributed by atoms with Crippen molar-refractivity contribution >= 4 is 27.6 Å². The van der Waals surface area contributed by atoms with Crippen molar-refractivity contribution in [3.63, 3.8) is 0 Å². The lowest BCUT2D eigenvalue weighted by atomic mass is 10.0. The minimum absolute atomic E-state index is 0.395. The molecule has 0 saturated heterocycles. The number of esters is 1. The molecule has 2 heterocycles. The Bertz CT molecular complexity index is 1070. The summed E-state index contributed by atoms with van der Waals surface area (Å²) in [7, 11) is 0. The van der Waals surface area contributed by atoms with Crippen molar-refractivity contribution in [1.82, 2.24) is 9.55 Å². The minimum atomic E-state index is -0.809. The molecule has 1 aliphatic rings. The second kappa shape index (κ2) is 6.78. The number of carbonyl (C=O) groups is 1. The van der Waals surface area contributed by atoms with E-state index in [1.165, 1.54) is 6.92 Å². The monoisotopic (exact) mass is 423 g/mol. The summed E-state index contributed by atoms with van der Waals surface area (Å²) in [5.74, 6) is 0.211. The van der Waals surface area contributed by atoms with Gasteiger partial charge >= 0.3 is 5.97 Å². The molecule has 0 amide bonds. The van der Waals surface area contributed by atoms with Gasteiger partial charge in [0.15, 0.2) is 5.82 Å². The molecular weight excluding hydrogens is 406 g/mol. The Balaban J connectivity index is 2.06. The molecule has 1 aromatic heterocycles. The lowest BCUT2D eigenvalue weighted by molar-refractivity contribution is -0.146. The molecule has 2 aromatic carbocycles. The first-order chi connectivity index (χ1) is 13.0. The van der Waals surface area contributed by atoms with Crippen LogP contribution >= 0.6 is 15.9 Å². The van der Waals surface area contributed by atoms with Gasteiger partial charge in [-0.05, 0) is 32.0 Å². The van der Waals surface area contributed by atoms with Crippen molar-refractivity contribution in [1.29, 1.82) is 0 Å². The smallest absolute Gasteiger partial charge is 0.304 e. The fraction of sp³-hybridized carbons (Fsp3) is 0.190. The van der Waals surface area contributed by atoms with Gasteiger partial charge in [-0.3, -0.25) is 9.36 Å². The first-order valence-corrected chi connectivity index (χ1v) is 9.41. The lowest BCUT2D eigenvalue weighted by Gasteiger charge is -2.14. The molecule has 6 heteroatoms. The second-order valence-corrected chi connectivity index (χ2v) is 7.36. The van der Waals surface area contributed by atoms with Gasteiger partial charge in [0.05, 0.1) is 17.1 Å². The van der Waals surface area contributed by atoms with Gasteiger partial charge in [0, 0.05) is 28.2 Å². The van der Waals surface area contributed by atoms with Gasteiger partial charge in [-0.15, -0.1) is 0 Å². The average molecular weight is 424 g/mol. The van der Waals surface area contributed by atoms with Crippen molar-refractivity contribution in [3.8, 4) is 5.69 Å². The minimum Gasteiger partial charge on any atom is -0.432 e. The Labute approximate surface area is 165 Å². The molecule has 5 nitrogen and oxygen atoms in total. The largest absolute Gasteiger partial charge is 0.432 e. The summed E-state index contributed by atoms with van der Waals surface area (Å²) in [5, 5.41) is 0. The number of halogens is 1. The predicted molar refractivity (Wildman–Crippen MR) is 107 cm³/mol. The van der Waals surface area contributed by atoms with Crippen LogP contribution < -0.4 is 0 Å². The number of aryl methyl sites for hydroxylation is 1. The highest BCUT2D eigenvalue weighted by molar-refractivity contribution is 9.10. The van der Waals surface area contributed by atoms with E-state index in [4.69, 9.17) is 9.73 Å². The SMILES string of the molecule is CC(=O)OC1N=C(c2ccccc2)c2cc(Br)ccc2-n2c1nc(C)c2C. The molecule has 0 fully saturated rings. The summed E-state index contributed by atoms with van der Waals surface area (Å²) in [6.07, 6.45) is -0.809. The summed E-state index contributed by atoms with van der Waals surface area (Å²) < 4.78 is 8.54. The van der Waals surface area contributed by atoms with Gasteiger partial charge in [-0.25, -0.2) is 9.98 Å². The maximum atomic E-state index is 11.8. The second-order valence-electron chi connectivity index (χ2n) is 6.44. The molecule has 4 rings (SSSR count). The van der Waals surface area contributed by atoms with E-state index in [1.807, 2.05) is 66.9 Å². The van der Waals surface area contributed by atoms with Crippen LogP contribution in [0.4, 0.5) is 0 Å². The number of ether oxygens (including phenoxy) is 1. The van der Waals surface area contributed by atoms with E-state index in [0.717, 1.165) is 38.4 Å². The Morgan fingerprint density at radius 2 is 1.89 bits per heavy atom. The van der Waals surface area contributed by atoms with E-state index in [2.05, 4.69) is 20.9 Å². The van der Waals surface area contributed by atoms with Crippen LogP contribution in [0.5, 0.6) is 0 Å².